The van der Waals surface area contributed by atoms with Crippen LogP contribution in [0.25, 0.3) is 0 Å². The number of sulfonamides is 2. The van der Waals surface area contributed by atoms with Crippen LogP contribution in [0.4, 0.5) is 79.0 Å². The van der Waals surface area contributed by atoms with Crippen molar-refractivity contribution in [3.05, 3.63) is 54.6 Å². The molecule has 0 aromatic heterocycles. The highest BCUT2D eigenvalue weighted by molar-refractivity contribution is 7.99. The molecule has 4 unspecified atom stereocenters. The van der Waals surface area contributed by atoms with Crippen LogP contribution in [0.3, 0.4) is 0 Å². The van der Waals surface area contributed by atoms with Gasteiger partial charge < -0.3 is 9.47 Å². The second-order valence-electron chi connectivity index (χ2n) is 15.1. The van der Waals surface area contributed by atoms with Crippen LogP contribution in [0.1, 0.15) is 46.0 Å². The fraction of sp³-hybridized carbons (Fsp3) is 0.618. The van der Waals surface area contributed by atoms with Gasteiger partial charge in [0.05, 0.1) is 11.8 Å². The van der Waals surface area contributed by atoms with E-state index >= 15 is 17.6 Å². The van der Waals surface area contributed by atoms with Crippen molar-refractivity contribution in [2.24, 2.45) is 29.1 Å². The average Bonchev–Trinajstić information content (AvgIpc) is 3.12. The molecule has 0 radical (unpaired) electrons. The van der Waals surface area contributed by atoms with Crippen LogP contribution in [0.15, 0.2) is 64.4 Å². The topological polar surface area (TPSA) is 89.8 Å². The molecule has 4 fully saturated rings. The smallest absolute Gasteiger partial charge is 0.453 e. The van der Waals surface area contributed by atoms with Gasteiger partial charge in [-0.1, -0.05) is 49.0 Å². The number of hydrogen-bond acceptors (Lipinski definition) is 7. The number of halogens is 18. The van der Waals surface area contributed by atoms with Gasteiger partial charge in [0.2, 0.25) is 0 Å². The molecule has 0 amide bonds. The quantitative estimate of drug-likeness (QED) is 0.0612. The molecular formula is C34H30F18NO6S3+. The maximum Gasteiger partial charge on any atom is 0.475 e. The number of hydrogen-bond donors (Lipinski definition) is 0. The molecule has 2 aromatic carbocycles. The standard InChI is InChI=1S/C34H30F18NO6S3/c1-17-21-13-19-12-20(14-21)16-26(17,15-19)25(59-23-10-6-7-11-24(23)60-22-8-4-3-5-9-22)58-18(2)53(61(54,55)33(49,50)29(39,40)27(35,36)31(43,44)45)62(56,57)34(51,52)30(41,42)28(37,38)32(46,47)48/h3-11,17,19-21,25H,12-16H2,1-2H3/q+1. The molecule has 0 heterocycles. The minimum atomic E-state index is -9.20. The molecule has 0 saturated heterocycles. The van der Waals surface area contributed by atoms with E-state index in [1.165, 1.54) is 25.1 Å². The molecule has 0 aliphatic heterocycles. The molecule has 4 aliphatic carbocycles. The van der Waals surface area contributed by atoms with E-state index in [4.69, 9.17) is 9.47 Å². The maximum atomic E-state index is 15.4. The monoisotopic (exact) mass is 986 g/mol. The summed E-state index contributed by atoms with van der Waals surface area (Å²) in [6.07, 6.45) is -17.0. The van der Waals surface area contributed by atoms with E-state index in [1.54, 1.807) is 30.3 Å². The van der Waals surface area contributed by atoms with E-state index in [-0.39, 0.29) is 41.2 Å². The van der Waals surface area contributed by atoms with Crippen molar-refractivity contribution < 1.29 is 109 Å². The van der Waals surface area contributed by atoms with Gasteiger partial charge in [-0.2, -0.15) is 95.9 Å². The van der Waals surface area contributed by atoms with Crippen molar-refractivity contribution in [2.45, 2.75) is 109 Å². The minimum absolute atomic E-state index is 0.0838. The normalized spacial score (nSPS) is 24.8. The van der Waals surface area contributed by atoms with Crippen LogP contribution < -0.4 is 4.74 Å². The van der Waals surface area contributed by atoms with Gasteiger partial charge in [0.1, 0.15) is 5.75 Å². The zero-order valence-corrected chi connectivity index (χ0v) is 33.5. The molecule has 6 rings (SSSR count). The highest BCUT2D eigenvalue weighted by Crippen LogP contribution is 2.65. The van der Waals surface area contributed by atoms with E-state index in [9.17, 15) is 78.3 Å². The first-order valence-electron chi connectivity index (χ1n) is 17.6. The summed E-state index contributed by atoms with van der Waals surface area (Å²) in [6.45, 7) is 1.07. The largest absolute Gasteiger partial charge is 0.475 e. The Morgan fingerprint density at radius 3 is 1.50 bits per heavy atom. The number of nitrogens with zero attached hydrogens (tertiary/aromatic N) is 1. The van der Waals surface area contributed by atoms with E-state index in [0.717, 1.165) is 17.8 Å². The molecule has 4 aliphatic rings. The molecule has 0 spiro atoms. The van der Waals surface area contributed by atoms with Crippen molar-refractivity contribution in [1.29, 1.82) is 0 Å². The van der Waals surface area contributed by atoms with Crippen molar-refractivity contribution in [3.63, 3.8) is 0 Å². The molecule has 2 aromatic rings. The van der Waals surface area contributed by atoms with Crippen molar-refractivity contribution in [1.82, 2.24) is 0 Å². The summed E-state index contributed by atoms with van der Waals surface area (Å²) < 4.78 is 316. The fourth-order valence-corrected chi connectivity index (χ4v) is 12.9. The Morgan fingerprint density at radius 1 is 0.645 bits per heavy atom. The predicted molar refractivity (Wildman–Crippen MR) is 178 cm³/mol. The Labute approximate surface area is 343 Å². The molecule has 0 N–H and O–H groups in total. The summed E-state index contributed by atoms with van der Waals surface area (Å²) in [5, 5.41) is -16.8. The van der Waals surface area contributed by atoms with E-state index in [1.807, 2.05) is 0 Å². The zero-order valence-electron chi connectivity index (χ0n) is 31.0. The summed E-state index contributed by atoms with van der Waals surface area (Å²) in [5.74, 6) is -38.5. The number of ether oxygens (including phenoxy) is 2. The Morgan fingerprint density at radius 2 is 1.06 bits per heavy atom. The van der Waals surface area contributed by atoms with Crippen molar-refractivity contribution >= 4 is 37.7 Å². The molecular weight excluding hydrogens is 957 g/mol. The van der Waals surface area contributed by atoms with Gasteiger partial charge >= 0.3 is 72.5 Å². The van der Waals surface area contributed by atoms with E-state index in [2.05, 4.69) is 0 Å². The van der Waals surface area contributed by atoms with Crippen LogP contribution in [0, 0.1) is 29.1 Å². The van der Waals surface area contributed by atoms with Gasteiger partial charge in [-0.15, -0.1) is 0 Å². The van der Waals surface area contributed by atoms with Gasteiger partial charge in [0.25, 0.3) is 6.29 Å². The van der Waals surface area contributed by atoms with Gasteiger partial charge in [-0.25, -0.2) is 0 Å². The van der Waals surface area contributed by atoms with Gasteiger partial charge in [-0.3, -0.25) is 0 Å². The van der Waals surface area contributed by atoms with E-state index < -0.39 is 100 Å². The lowest BCUT2D eigenvalue weighted by atomic mass is 9.45. The Bertz CT molecular complexity index is 2170. The SMILES string of the molecule is CC(OC(Oc1ccccc1Sc1ccccc1)C12CC3CC(CC(C3)C1C)C2)=[N+](S(=O)(=O)C(F)(F)C(F)(F)C(F)(F)C(F)(F)F)S(=O)(=O)C(F)(F)C(F)(F)C(F)(F)C(F)(F)F. The Balaban J connectivity index is 1.81. The molecule has 4 saturated carbocycles. The first-order valence-corrected chi connectivity index (χ1v) is 21.2. The summed E-state index contributed by atoms with van der Waals surface area (Å²) in [7, 11) is -18.4. The lowest BCUT2D eigenvalue weighted by Gasteiger charge is -2.61. The van der Waals surface area contributed by atoms with Crippen LogP contribution in [0.2, 0.25) is 0 Å². The van der Waals surface area contributed by atoms with Crippen LogP contribution in [0.5, 0.6) is 5.75 Å². The molecule has 4 bridgehead atoms. The fourth-order valence-electron chi connectivity index (χ4n) is 8.31. The first-order chi connectivity index (χ1) is 27.9. The summed E-state index contributed by atoms with van der Waals surface area (Å²) in [6, 6.07) is 13.0. The van der Waals surface area contributed by atoms with Gasteiger partial charge in [0, 0.05) is 13.7 Å². The van der Waals surface area contributed by atoms with Gasteiger partial charge in [0.15, 0.2) is 0 Å². The lowest BCUT2D eigenvalue weighted by Crippen LogP contribution is -2.68. The number of rotatable bonds is 14. The molecule has 28 heteroatoms. The highest BCUT2D eigenvalue weighted by Gasteiger charge is 2.92. The van der Waals surface area contributed by atoms with Crippen LogP contribution >= 0.6 is 11.8 Å². The predicted octanol–water partition coefficient (Wildman–Crippen LogP) is 11.0. The highest BCUT2D eigenvalue weighted by atomic mass is 32.3. The average molecular weight is 987 g/mol. The second-order valence-corrected chi connectivity index (χ2v) is 20.1. The van der Waals surface area contributed by atoms with Crippen molar-refractivity contribution in [3.8, 4) is 5.75 Å². The third-order valence-corrected chi connectivity index (χ3v) is 16.7. The second kappa shape index (κ2) is 15.4. The number of benzene rings is 2. The summed E-state index contributed by atoms with van der Waals surface area (Å²) >= 11 is 0.908. The molecule has 350 valence electrons. The minimum Gasteiger partial charge on any atom is -0.453 e. The lowest BCUT2D eigenvalue weighted by molar-refractivity contribution is -0.391. The third kappa shape index (κ3) is 7.45. The zero-order chi connectivity index (χ0) is 47.3. The molecule has 62 heavy (non-hydrogen) atoms. The van der Waals surface area contributed by atoms with E-state index in [0.29, 0.717) is 24.2 Å². The summed E-state index contributed by atoms with van der Waals surface area (Å²) in [5.41, 5.74) is -1.68. The molecule has 7 nitrogen and oxygen atoms in total. The maximum absolute atomic E-state index is 15.4. The van der Waals surface area contributed by atoms with Crippen molar-refractivity contribution in [2.75, 3.05) is 0 Å². The summed E-state index contributed by atoms with van der Waals surface area (Å²) in [4.78, 5) is 0.550. The third-order valence-electron chi connectivity index (χ3n) is 11.3. The molecule has 4 atom stereocenters. The Kier molecular flexibility index (Phi) is 12.4. The first kappa shape index (κ1) is 49.7. The van der Waals surface area contributed by atoms with Gasteiger partial charge in [-0.05, 0) is 80.0 Å². The Hall–Kier alpha value is -3.30. The number of alkyl halides is 18. The van der Waals surface area contributed by atoms with Crippen LogP contribution in [-0.4, -0.2) is 79.0 Å². The van der Waals surface area contributed by atoms with Crippen LogP contribution in [-0.2, 0) is 24.8 Å². The number of para-hydroxylation sites is 1.